The van der Waals surface area contributed by atoms with Crippen molar-refractivity contribution in [1.82, 2.24) is 10.6 Å². The fourth-order valence-electron chi connectivity index (χ4n) is 1.19. The van der Waals surface area contributed by atoms with Gasteiger partial charge in [0.2, 0.25) is 0 Å². The Labute approximate surface area is 106 Å². The molecule has 0 aromatic heterocycles. The third-order valence-electron chi connectivity index (χ3n) is 2.29. The van der Waals surface area contributed by atoms with E-state index in [1.807, 2.05) is 31.2 Å². The molecule has 0 saturated carbocycles. The van der Waals surface area contributed by atoms with Gasteiger partial charge in [-0.25, -0.2) is 4.79 Å². The second-order valence-corrected chi connectivity index (χ2v) is 3.92. The summed E-state index contributed by atoms with van der Waals surface area (Å²) in [5.41, 5.74) is 2.11. The van der Waals surface area contributed by atoms with E-state index >= 15 is 0 Å². The van der Waals surface area contributed by atoms with Crippen molar-refractivity contribution in [3.63, 3.8) is 0 Å². The van der Waals surface area contributed by atoms with Crippen molar-refractivity contribution in [2.24, 2.45) is 0 Å². The van der Waals surface area contributed by atoms with Gasteiger partial charge in [-0.1, -0.05) is 29.8 Å². The van der Waals surface area contributed by atoms with Crippen LogP contribution in [0.15, 0.2) is 30.5 Å². The number of benzene rings is 1. The molecule has 0 radical (unpaired) electrons. The molecule has 0 aliphatic heterocycles. The highest BCUT2D eigenvalue weighted by atomic mass is 16.4. The Balaban J connectivity index is 2.43. The van der Waals surface area contributed by atoms with Crippen molar-refractivity contribution in [2.45, 2.75) is 19.9 Å². The van der Waals surface area contributed by atoms with Gasteiger partial charge < -0.3 is 15.7 Å². The van der Waals surface area contributed by atoms with Crippen LogP contribution in [0.2, 0.25) is 0 Å². The van der Waals surface area contributed by atoms with Gasteiger partial charge in [-0.3, -0.25) is 4.79 Å². The highest BCUT2D eigenvalue weighted by molar-refractivity contribution is 5.82. The Kier molecular flexibility index (Phi) is 4.92. The molecule has 2 amide bonds. The van der Waals surface area contributed by atoms with Crippen LogP contribution < -0.4 is 10.6 Å². The summed E-state index contributed by atoms with van der Waals surface area (Å²) in [6.45, 7) is 3.39. The number of carboxylic acids is 1. The molecule has 0 bridgehead atoms. The number of aliphatic carboxylic acids is 1. The highest BCUT2D eigenvalue weighted by Crippen LogP contribution is 2.04. The Morgan fingerprint density at radius 3 is 2.44 bits per heavy atom. The third-order valence-corrected chi connectivity index (χ3v) is 2.29. The molecule has 3 N–H and O–H groups in total. The molecule has 0 aliphatic carbocycles. The molecule has 96 valence electrons. The molecule has 18 heavy (non-hydrogen) atoms. The summed E-state index contributed by atoms with van der Waals surface area (Å²) in [4.78, 5) is 21.8. The van der Waals surface area contributed by atoms with Gasteiger partial charge in [0.15, 0.2) is 0 Å². The van der Waals surface area contributed by atoms with Gasteiger partial charge in [-0.15, -0.1) is 0 Å². The minimum absolute atomic E-state index is 0.548. The molecule has 0 fully saturated rings. The lowest BCUT2D eigenvalue weighted by molar-refractivity contribution is -0.138. The number of carbonyl (C=O) groups is 2. The van der Waals surface area contributed by atoms with Gasteiger partial charge in [0, 0.05) is 6.20 Å². The van der Waals surface area contributed by atoms with E-state index < -0.39 is 18.0 Å². The average molecular weight is 248 g/mol. The average Bonchev–Trinajstić information content (AvgIpc) is 2.31. The molecule has 1 rings (SSSR count). The van der Waals surface area contributed by atoms with Crippen molar-refractivity contribution < 1.29 is 14.7 Å². The number of nitrogens with one attached hydrogen (secondary N) is 2. The predicted octanol–water partition coefficient (Wildman–Crippen LogP) is 1.74. The Morgan fingerprint density at radius 1 is 1.28 bits per heavy atom. The monoisotopic (exact) mass is 248 g/mol. The summed E-state index contributed by atoms with van der Waals surface area (Å²) < 4.78 is 0. The van der Waals surface area contributed by atoms with Crippen molar-refractivity contribution in [1.29, 1.82) is 0 Å². The van der Waals surface area contributed by atoms with E-state index in [9.17, 15) is 9.59 Å². The van der Waals surface area contributed by atoms with Crippen molar-refractivity contribution in [3.05, 3.63) is 41.6 Å². The number of urea groups is 1. The van der Waals surface area contributed by atoms with Gasteiger partial charge in [-0.05, 0) is 25.5 Å². The van der Waals surface area contributed by atoms with Gasteiger partial charge in [0.05, 0.1) is 0 Å². The van der Waals surface area contributed by atoms with Crippen LogP contribution in [0.4, 0.5) is 4.79 Å². The quantitative estimate of drug-likeness (QED) is 0.759. The second-order valence-electron chi connectivity index (χ2n) is 3.92. The number of hydrogen-bond acceptors (Lipinski definition) is 2. The zero-order chi connectivity index (χ0) is 13.5. The second kappa shape index (κ2) is 6.44. The van der Waals surface area contributed by atoms with E-state index in [0.717, 1.165) is 11.1 Å². The molecule has 0 spiro atoms. The van der Waals surface area contributed by atoms with Crippen LogP contribution in [0.5, 0.6) is 0 Å². The Hall–Kier alpha value is -2.30. The summed E-state index contributed by atoms with van der Waals surface area (Å²) >= 11 is 0. The van der Waals surface area contributed by atoms with Crippen molar-refractivity contribution in [2.75, 3.05) is 0 Å². The minimum atomic E-state index is -1.08. The first-order valence-corrected chi connectivity index (χ1v) is 5.52. The molecule has 1 unspecified atom stereocenters. The number of hydrogen-bond donors (Lipinski definition) is 3. The van der Waals surface area contributed by atoms with Crippen molar-refractivity contribution in [3.8, 4) is 0 Å². The predicted molar refractivity (Wildman–Crippen MR) is 69.0 cm³/mol. The van der Waals surface area contributed by atoms with Crippen LogP contribution in [0, 0.1) is 6.92 Å². The van der Waals surface area contributed by atoms with E-state index in [4.69, 9.17) is 5.11 Å². The van der Waals surface area contributed by atoms with Gasteiger partial charge in [0.1, 0.15) is 6.04 Å². The molecular weight excluding hydrogens is 232 g/mol. The van der Waals surface area contributed by atoms with E-state index in [2.05, 4.69) is 10.6 Å². The maximum absolute atomic E-state index is 11.3. The zero-order valence-electron chi connectivity index (χ0n) is 10.3. The van der Waals surface area contributed by atoms with Gasteiger partial charge in [-0.2, -0.15) is 0 Å². The lowest BCUT2D eigenvalue weighted by atomic mass is 10.1. The molecule has 0 heterocycles. The standard InChI is InChI=1S/C13H16N2O3/c1-9-3-5-11(6-4-9)7-8-14-13(18)15-10(2)12(16)17/h3-8,10H,1-2H3,(H,16,17)(H2,14,15,18)/b8-7+. The summed E-state index contributed by atoms with van der Waals surface area (Å²) in [6.07, 6.45) is 3.19. The fourth-order valence-corrected chi connectivity index (χ4v) is 1.19. The lowest BCUT2D eigenvalue weighted by Crippen LogP contribution is -2.42. The van der Waals surface area contributed by atoms with Crippen LogP contribution in [-0.4, -0.2) is 23.1 Å². The van der Waals surface area contributed by atoms with Gasteiger partial charge in [0.25, 0.3) is 0 Å². The van der Waals surface area contributed by atoms with E-state index in [0.29, 0.717) is 0 Å². The molecule has 1 aromatic rings. The Morgan fingerprint density at radius 2 is 1.89 bits per heavy atom. The number of amides is 2. The summed E-state index contributed by atoms with van der Waals surface area (Å²) in [6, 6.07) is 6.31. The van der Waals surface area contributed by atoms with E-state index in [1.165, 1.54) is 13.1 Å². The summed E-state index contributed by atoms with van der Waals surface area (Å²) in [7, 11) is 0. The summed E-state index contributed by atoms with van der Waals surface area (Å²) in [5.74, 6) is -1.08. The number of aryl methyl sites for hydroxylation is 1. The SMILES string of the molecule is Cc1ccc(/C=C/NC(=O)NC(C)C(=O)O)cc1. The third kappa shape index (κ3) is 4.69. The van der Waals surface area contributed by atoms with Crippen molar-refractivity contribution >= 4 is 18.1 Å². The number of carbonyl (C=O) groups excluding carboxylic acids is 1. The topological polar surface area (TPSA) is 78.4 Å². The molecule has 5 heteroatoms. The maximum atomic E-state index is 11.3. The van der Waals surface area contributed by atoms with Crippen LogP contribution in [0.25, 0.3) is 6.08 Å². The van der Waals surface area contributed by atoms with Crippen LogP contribution in [0.3, 0.4) is 0 Å². The Bertz CT molecular complexity index is 452. The fraction of sp³-hybridized carbons (Fsp3) is 0.231. The first kappa shape index (κ1) is 13.8. The molecule has 5 nitrogen and oxygen atoms in total. The molecule has 1 aromatic carbocycles. The van der Waals surface area contributed by atoms with E-state index in [-0.39, 0.29) is 0 Å². The lowest BCUT2D eigenvalue weighted by Gasteiger charge is -2.08. The first-order valence-electron chi connectivity index (χ1n) is 5.52. The smallest absolute Gasteiger partial charge is 0.325 e. The van der Waals surface area contributed by atoms with Crippen LogP contribution in [0.1, 0.15) is 18.1 Å². The van der Waals surface area contributed by atoms with Crippen LogP contribution in [-0.2, 0) is 4.79 Å². The highest BCUT2D eigenvalue weighted by Gasteiger charge is 2.12. The molecule has 0 saturated heterocycles. The minimum Gasteiger partial charge on any atom is -0.480 e. The molecular formula is C13H16N2O3. The maximum Gasteiger partial charge on any atom is 0.325 e. The molecule has 0 aliphatic rings. The summed E-state index contributed by atoms with van der Waals surface area (Å²) in [5, 5.41) is 13.3. The number of rotatable bonds is 4. The largest absolute Gasteiger partial charge is 0.480 e. The number of carboxylic acid groups (broad SMARTS) is 1. The normalized spacial score (nSPS) is 12.1. The van der Waals surface area contributed by atoms with Crippen LogP contribution >= 0.6 is 0 Å². The first-order chi connectivity index (χ1) is 8.49. The van der Waals surface area contributed by atoms with Gasteiger partial charge >= 0.3 is 12.0 Å². The zero-order valence-corrected chi connectivity index (χ0v) is 10.3. The molecule has 1 atom stereocenters. The van der Waals surface area contributed by atoms with E-state index in [1.54, 1.807) is 6.08 Å².